The van der Waals surface area contributed by atoms with E-state index in [9.17, 15) is 41.1 Å². The monoisotopic (exact) mass is 1040 g/mol. The number of rotatable bonds is 16. The molecule has 0 bridgehead atoms. The highest BCUT2D eigenvalue weighted by atomic mass is 32.2. The average molecular weight is 1040 g/mol. The number of hydrogen-bond donors (Lipinski definition) is 8. The summed E-state index contributed by atoms with van der Waals surface area (Å²) in [5.74, 6) is -3.05. The molecule has 4 heterocycles. The van der Waals surface area contributed by atoms with Gasteiger partial charge in [-0.3, -0.25) is 28.6 Å². The Morgan fingerprint density at radius 1 is 0.889 bits per heavy atom. The smallest absolute Gasteiger partial charge is 0.336 e. The molecule has 24 nitrogen and oxygen atoms in total. The summed E-state index contributed by atoms with van der Waals surface area (Å²) in [7, 11) is -3.67. The van der Waals surface area contributed by atoms with Crippen LogP contribution in [0.3, 0.4) is 0 Å². The number of nitrogens with one attached hydrogen (secondary N) is 2. The molecule has 26 heteroatoms. The van der Waals surface area contributed by atoms with Crippen LogP contribution in [-0.4, -0.2) is 171 Å². The fourth-order valence-corrected chi connectivity index (χ4v) is 8.68. The molecule has 0 unspecified atom stereocenters. The number of carboxylic acids is 3. The molecule has 0 atom stereocenters. The minimum absolute atomic E-state index is 0.147. The highest BCUT2D eigenvalue weighted by Crippen LogP contribution is 2.33. The molecule has 1 saturated heterocycles. The topological polar surface area (TPSA) is 348 Å². The Hall–Kier alpha value is -6.97. The van der Waals surface area contributed by atoms with Crippen LogP contribution in [0.2, 0.25) is 0 Å². The van der Waals surface area contributed by atoms with Gasteiger partial charge in [0.2, 0.25) is 10.0 Å². The molecule has 2 aliphatic heterocycles. The van der Waals surface area contributed by atoms with Gasteiger partial charge in [0.25, 0.3) is 15.7 Å². The van der Waals surface area contributed by atoms with Crippen molar-refractivity contribution in [2.45, 2.75) is 57.0 Å². The molecule has 3 aromatic carbocycles. The summed E-state index contributed by atoms with van der Waals surface area (Å²) in [6, 6.07) is 20.4. The van der Waals surface area contributed by atoms with Gasteiger partial charge in [0.05, 0.1) is 54.9 Å². The van der Waals surface area contributed by atoms with Crippen molar-refractivity contribution in [3.63, 3.8) is 0 Å². The van der Waals surface area contributed by atoms with E-state index in [0.29, 0.717) is 74.4 Å². The third-order valence-electron chi connectivity index (χ3n) is 10.7. The van der Waals surface area contributed by atoms with Gasteiger partial charge >= 0.3 is 17.9 Å². The standard InChI is InChI=1S/C22H30N6O4S.C17H19N3O.C6H8O7.CH4O3S/c1-5-7-17-19-20(27(4)25-17)22(29)24-21(23-19)16-14-15(8-9-18(16)32-6-2)33(30,31)28-12-10-26(3)11-13-28;1-13-5-7-14(8-6-13)20(12-17-18-9-10-19-17)15-3-2-4-16(21)11-15;7-3(8)1-6(13,5(11)12)2-4(9)10;1-5(2,3)4/h8-9,14H,5-7,10-13H2,1-4H3,(H,23,24,29);2-8,11,21H,9-10,12H2,1H3,(H,18,19);13H,1-2H2,(H,7,8)(H,9,10)(H,11,12);1H3,(H,2,3,4). The third kappa shape index (κ3) is 16.6. The molecule has 0 amide bonds. The fourth-order valence-electron chi connectivity index (χ4n) is 7.23. The van der Waals surface area contributed by atoms with E-state index < -0.39 is 56.5 Å². The maximum Gasteiger partial charge on any atom is 0.336 e. The fraction of sp³-hybridized carbons (Fsp3) is 0.413. The number of aliphatic hydroxyl groups is 1. The molecular formula is C46H61N9O15S2. The number of benzene rings is 3. The number of likely N-dealkylation sites (N-methyl/N-ethyl adjacent to an activating group) is 1. The highest BCUT2D eigenvalue weighted by Gasteiger charge is 2.41. The van der Waals surface area contributed by atoms with Gasteiger partial charge in [-0.15, -0.1) is 0 Å². The zero-order valence-electron chi connectivity index (χ0n) is 40.6. The molecule has 2 aromatic heterocycles. The van der Waals surface area contributed by atoms with Crippen LogP contribution in [-0.2, 0) is 48.0 Å². The first-order valence-corrected chi connectivity index (χ1v) is 25.7. The summed E-state index contributed by atoms with van der Waals surface area (Å²) in [5, 5.41) is 51.3. The largest absolute Gasteiger partial charge is 0.508 e. The third-order valence-corrected chi connectivity index (χ3v) is 12.6. The van der Waals surface area contributed by atoms with Gasteiger partial charge < -0.3 is 50.4 Å². The molecule has 0 spiro atoms. The Labute approximate surface area is 416 Å². The Balaban J connectivity index is 0.000000246. The lowest BCUT2D eigenvalue weighted by atomic mass is 9.96. The van der Waals surface area contributed by atoms with E-state index in [4.69, 9.17) is 34.7 Å². The van der Waals surface area contributed by atoms with Gasteiger partial charge in [-0.2, -0.15) is 17.8 Å². The van der Waals surface area contributed by atoms with Gasteiger partial charge in [-0.05, 0) is 69.8 Å². The van der Waals surface area contributed by atoms with E-state index in [-0.39, 0.29) is 22.0 Å². The number of aryl methyl sites for hydroxylation is 3. The number of sulfonamides is 1. The predicted octanol–water partition coefficient (Wildman–Crippen LogP) is 2.71. The SMILES string of the molecule is CCCc1nn(C)c2c(=O)[nH]c(-c3cc(S(=O)(=O)N4CCN(C)CC4)ccc3OCC)nc12.CS(=O)(=O)O.Cc1ccc(N(CC2=NCCN2)c2cccc(O)c2)cc1.O=C(O)CC(O)(CC(=O)O)C(=O)O. The number of hydrogen-bond acceptors (Lipinski definition) is 17. The van der Waals surface area contributed by atoms with E-state index in [1.54, 1.807) is 37.4 Å². The number of phenols is 1. The number of amidine groups is 1. The van der Waals surface area contributed by atoms with Crippen LogP contribution < -0.4 is 20.5 Å². The maximum absolute atomic E-state index is 13.3. The van der Waals surface area contributed by atoms with Crippen LogP contribution in [0.5, 0.6) is 11.5 Å². The predicted molar refractivity (Wildman–Crippen MR) is 267 cm³/mol. The number of aromatic hydroxyl groups is 1. The minimum Gasteiger partial charge on any atom is -0.508 e. The van der Waals surface area contributed by atoms with Crippen LogP contribution in [0.15, 0.2) is 81.4 Å². The van der Waals surface area contributed by atoms with Gasteiger partial charge in [0.1, 0.15) is 28.7 Å². The van der Waals surface area contributed by atoms with Crippen molar-refractivity contribution in [3.05, 3.63) is 88.3 Å². The van der Waals surface area contributed by atoms with E-state index in [1.165, 1.54) is 14.6 Å². The average Bonchev–Trinajstić information content (AvgIpc) is 3.93. The van der Waals surface area contributed by atoms with Crippen LogP contribution in [0.4, 0.5) is 11.4 Å². The van der Waals surface area contributed by atoms with E-state index in [0.717, 1.165) is 42.4 Å². The first-order chi connectivity index (χ1) is 33.8. The Morgan fingerprint density at radius 2 is 1.51 bits per heavy atom. The zero-order valence-corrected chi connectivity index (χ0v) is 42.3. The maximum atomic E-state index is 13.3. The van der Waals surface area contributed by atoms with Crippen LogP contribution in [0.25, 0.3) is 22.4 Å². The second-order valence-electron chi connectivity index (χ2n) is 16.6. The zero-order chi connectivity index (χ0) is 53.6. The lowest BCUT2D eigenvalue weighted by molar-refractivity contribution is -0.170. The summed E-state index contributed by atoms with van der Waals surface area (Å²) < 4.78 is 61.3. The first kappa shape index (κ1) is 57.6. The number of aliphatic carboxylic acids is 3. The van der Waals surface area contributed by atoms with E-state index in [1.807, 2.05) is 33.0 Å². The molecule has 0 saturated carbocycles. The van der Waals surface area contributed by atoms with Crippen molar-refractivity contribution in [1.82, 2.24) is 34.3 Å². The summed E-state index contributed by atoms with van der Waals surface area (Å²) in [6.45, 7) is 11.0. The lowest BCUT2D eigenvalue weighted by Crippen LogP contribution is -2.47. The molecule has 392 valence electrons. The van der Waals surface area contributed by atoms with Crippen molar-refractivity contribution < 1.29 is 66.0 Å². The second kappa shape index (κ2) is 25.4. The molecule has 0 aliphatic carbocycles. The number of aromatic nitrogens is 4. The number of ether oxygens (including phenoxy) is 1. The highest BCUT2D eigenvalue weighted by molar-refractivity contribution is 7.89. The van der Waals surface area contributed by atoms with Crippen molar-refractivity contribution in [2.75, 3.05) is 70.6 Å². The number of aliphatic imine (C=N–C) groups is 1. The van der Waals surface area contributed by atoms with Gasteiger partial charge in [0.15, 0.2) is 11.1 Å². The van der Waals surface area contributed by atoms with Crippen LogP contribution >= 0.6 is 0 Å². The molecule has 72 heavy (non-hydrogen) atoms. The summed E-state index contributed by atoms with van der Waals surface area (Å²) in [5.41, 5.74) is 2.27. The Bertz CT molecular complexity index is 2980. The summed E-state index contributed by atoms with van der Waals surface area (Å²) >= 11 is 0. The van der Waals surface area contributed by atoms with Crippen molar-refractivity contribution in [2.24, 2.45) is 12.0 Å². The molecule has 0 radical (unpaired) electrons. The molecule has 8 N–H and O–H groups in total. The number of phenolic OH excluding ortho intramolecular Hbond substituents is 1. The van der Waals surface area contributed by atoms with Gasteiger partial charge in [-0.1, -0.05) is 37.1 Å². The van der Waals surface area contributed by atoms with Gasteiger partial charge in [-0.25, -0.2) is 18.2 Å². The number of piperazine rings is 1. The summed E-state index contributed by atoms with van der Waals surface area (Å²) in [6.07, 6.45) is -0.0293. The molecule has 1 fully saturated rings. The number of nitrogens with zero attached hydrogens (tertiary/aromatic N) is 7. The quantitative estimate of drug-likeness (QED) is 0.0659. The lowest BCUT2D eigenvalue weighted by Gasteiger charge is -2.31. The van der Waals surface area contributed by atoms with Crippen molar-refractivity contribution >= 4 is 66.3 Å². The Kier molecular flexibility index (Phi) is 20.3. The molecule has 7 rings (SSSR count). The normalized spacial score (nSPS) is 14.0. The first-order valence-electron chi connectivity index (χ1n) is 22.4. The number of carbonyl (C=O) groups is 3. The Morgan fingerprint density at radius 3 is 2.04 bits per heavy atom. The minimum atomic E-state index is -3.70. The van der Waals surface area contributed by atoms with Crippen LogP contribution in [0, 0.1) is 6.92 Å². The molecule has 2 aliphatic rings. The second-order valence-corrected chi connectivity index (χ2v) is 20.0. The summed E-state index contributed by atoms with van der Waals surface area (Å²) in [4.78, 5) is 59.8. The number of aromatic amines is 1. The number of anilines is 2. The molecule has 5 aromatic rings. The number of carboxylic acid groups (broad SMARTS) is 3. The van der Waals surface area contributed by atoms with E-state index in [2.05, 4.69) is 61.4 Å². The molecular weight excluding hydrogens is 983 g/mol. The van der Waals surface area contributed by atoms with E-state index >= 15 is 0 Å². The number of H-pyrrole nitrogens is 1. The number of fused-ring (bicyclic) bond motifs is 1. The van der Waals surface area contributed by atoms with Crippen LogP contribution in [0.1, 0.15) is 44.4 Å². The van der Waals surface area contributed by atoms with Gasteiger partial charge in [0, 0.05) is 57.2 Å². The van der Waals surface area contributed by atoms with Crippen molar-refractivity contribution in [3.8, 4) is 22.9 Å². The van der Waals surface area contributed by atoms with Crippen molar-refractivity contribution in [1.29, 1.82) is 0 Å².